The van der Waals surface area contributed by atoms with Gasteiger partial charge < -0.3 is 10.1 Å². The molecule has 0 saturated heterocycles. The second kappa shape index (κ2) is 7.68. The van der Waals surface area contributed by atoms with Crippen molar-refractivity contribution in [2.75, 3.05) is 6.54 Å². The number of nitrogens with one attached hydrogen (secondary N) is 1. The summed E-state index contributed by atoms with van der Waals surface area (Å²) in [6.07, 6.45) is 7.48. The molecule has 1 aromatic carbocycles. The standard InChI is InChI=1S/C18H29NO/c1-4-8-14(3)20-18-12-7-9-15-16(18)10-6-11-17(15)19-13-5-2/h7,9,12,14,17,19H,4-6,8,10-11,13H2,1-3H3. The third-order valence-electron chi connectivity index (χ3n) is 4.13. The molecule has 2 unspecified atom stereocenters. The maximum absolute atomic E-state index is 6.18. The molecule has 20 heavy (non-hydrogen) atoms. The van der Waals surface area contributed by atoms with E-state index in [4.69, 9.17) is 4.74 Å². The van der Waals surface area contributed by atoms with Gasteiger partial charge in [-0.25, -0.2) is 0 Å². The van der Waals surface area contributed by atoms with Gasteiger partial charge >= 0.3 is 0 Å². The Labute approximate surface area is 123 Å². The van der Waals surface area contributed by atoms with Crippen LogP contribution >= 0.6 is 0 Å². The van der Waals surface area contributed by atoms with E-state index in [1.165, 1.54) is 36.8 Å². The van der Waals surface area contributed by atoms with Crippen molar-refractivity contribution in [3.05, 3.63) is 29.3 Å². The summed E-state index contributed by atoms with van der Waals surface area (Å²) in [5.74, 6) is 1.12. The summed E-state index contributed by atoms with van der Waals surface area (Å²) < 4.78 is 6.18. The molecule has 0 radical (unpaired) electrons. The van der Waals surface area contributed by atoms with Crippen LogP contribution in [0.4, 0.5) is 0 Å². The van der Waals surface area contributed by atoms with Crippen molar-refractivity contribution in [3.8, 4) is 5.75 Å². The average molecular weight is 275 g/mol. The van der Waals surface area contributed by atoms with Crippen molar-refractivity contribution in [2.45, 2.75) is 71.4 Å². The molecule has 0 heterocycles. The highest BCUT2D eigenvalue weighted by atomic mass is 16.5. The van der Waals surface area contributed by atoms with E-state index in [9.17, 15) is 0 Å². The minimum absolute atomic E-state index is 0.315. The van der Waals surface area contributed by atoms with Gasteiger partial charge in [-0.1, -0.05) is 32.4 Å². The molecule has 1 N–H and O–H groups in total. The normalized spacial score (nSPS) is 19.4. The highest BCUT2D eigenvalue weighted by molar-refractivity contribution is 5.43. The first-order chi connectivity index (χ1) is 9.76. The Morgan fingerprint density at radius 2 is 2.15 bits per heavy atom. The molecule has 2 heteroatoms. The molecule has 0 saturated carbocycles. The Kier molecular flexibility index (Phi) is 5.90. The van der Waals surface area contributed by atoms with Crippen LogP contribution in [0.25, 0.3) is 0 Å². The van der Waals surface area contributed by atoms with Crippen molar-refractivity contribution >= 4 is 0 Å². The SMILES string of the molecule is CCCNC1CCCc2c(OC(C)CCC)cccc21. The van der Waals surface area contributed by atoms with Gasteiger partial charge in [0.05, 0.1) is 6.10 Å². The Morgan fingerprint density at radius 1 is 1.30 bits per heavy atom. The minimum atomic E-state index is 0.315. The molecule has 1 aliphatic carbocycles. The number of ether oxygens (including phenoxy) is 1. The summed E-state index contributed by atoms with van der Waals surface area (Å²) in [6, 6.07) is 7.09. The molecule has 1 aliphatic rings. The lowest BCUT2D eigenvalue weighted by atomic mass is 9.87. The Hall–Kier alpha value is -1.02. The third-order valence-corrected chi connectivity index (χ3v) is 4.13. The second-order valence-electron chi connectivity index (χ2n) is 5.94. The van der Waals surface area contributed by atoms with Gasteiger partial charge in [0, 0.05) is 6.04 Å². The summed E-state index contributed by atoms with van der Waals surface area (Å²) in [7, 11) is 0. The quantitative estimate of drug-likeness (QED) is 0.783. The molecule has 0 amide bonds. The maximum Gasteiger partial charge on any atom is 0.123 e. The lowest BCUT2D eigenvalue weighted by molar-refractivity contribution is 0.206. The van der Waals surface area contributed by atoms with Crippen molar-refractivity contribution < 1.29 is 4.74 Å². The van der Waals surface area contributed by atoms with Gasteiger partial charge in [0.2, 0.25) is 0 Å². The topological polar surface area (TPSA) is 21.3 Å². The molecule has 2 nitrogen and oxygen atoms in total. The molecule has 0 aliphatic heterocycles. The smallest absolute Gasteiger partial charge is 0.123 e. The molecule has 0 bridgehead atoms. The highest BCUT2D eigenvalue weighted by Gasteiger charge is 2.22. The summed E-state index contributed by atoms with van der Waals surface area (Å²) in [4.78, 5) is 0. The van der Waals surface area contributed by atoms with Crippen molar-refractivity contribution in [3.63, 3.8) is 0 Å². The first kappa shape index (κ1) is 15.4. The first-order valence-corrected chi connectivity index (χ1v) is 8.28. The number of benzene rings is 1. The lowest BCUT2D eigenvalue weighted by Crippen LogP contribution is -2.26. The van der Waals surface area contributed by atoms with Crippen LogP contribution in [-0.4, -0.2) is 12.6 Å². The van der Waals surface area contributed by atoms with E-state index in [2.05, 4.69) is 44.3 Å². The van der Waals surface area contributed by atoms with E-state index in [1.54, 1.807) is 0 Å². The van der Waals surface area contributed by atoms with Gasteiger partial charge in [-0.2, -0.15) is 0 Å². The van der Waals surface area contributed by atoms with Crippen LogP contribution in [-0.2, 0) is 6.42 Å². The van der Waals surface area contributed by atoms with Crippen LogP contribution in [0.1, 0.15) is 70.0 Å². The van der Waals surface area contributed by atoms with Crippen LogP contribution in [0.3, 0.4) is 0 Å². The van der Waals surface area contributed by atoms with Gasteiger partial charge in [-0.15, -0.1) is 0 Å². The molecular weight excluding hydrogens is 246 g/mol. The molecule has 0 aromatic heterocycles. The number of hydrogen-bond donors (Lipinski definition) is 1. The van der Waals surface area contributed by atoms with Gasteiger partial charge in [-0.3, -0.25) is 0 Å². The first-order valence-electron chi connectivity index (χ1n) is 8.28. The fourth-order valence-electron chi connectivity index (χ4n) is 3.14. The lowest BCUT2D eigenvalue weighted by Gasteiger charge is -2.29. The molecule has 2 rings (SSSR count). The fraction of sp³-hybridized carbons (Fsp3) is 0.667. The van der Waals surface area contributed by atoms with Gasteiger partial charge in [0.25, 0.3) is 0 Å². The number of hydrogen-bond acceptors (Lipinski definition) is 2. The fourth-order valence-corrected chi connectivity index (χ4v) is 3.14. The van der Waals surface area contributed by atoms with E-state index >= 15 is 0 Å². The Bertz CT molecular complexity index is 416. The maximum atomic E-state index is 6.18. The van der Waals surface area contributed by atoms with E-state index in [1.807, 2.05) is 0 Å². The zero-order valence-corrected chi connectivity index (χ0v) is 13.2. The van der Waals surface area contributed by atoms with E-state index in [0.29, 0.717) is 12.1 Å². The number of rotatable bonds is 7. The van der Waals surface area contributed by atoms with Crippen LogP contribution in [0.5, 0.6) is 5.75 Å². The largest absolute Gasteiger partial charge is 0.490 e. The van der Waals surface area contributed by atoms with E-state index in [0.717, 1.165) is 25.1 Å². The highest BCUT2D eigenvalue weighted by Crippen LogP contribution is 2.35. The monoisotopic (exact) mass is 275 g/mol. The molecule has 112 valence electrons. The van der Waals surface area contributed by atoms with Gasteiger partial charge in [0.15, 0.2) is 0 Å². The summed E-state index contributed by atoms with van der Waals surface area (Å²) in [6.45, 7) is 7.72. The minimum Gasteiger partial charge on any atom is -0.490 e. The summed E-state index contributed by atoms with van der Waals surface area (Å²) in [5.41, 5.74) is 2.90. The van der Waals surface area contributed by atoms with E-state index < -0.39 is 0 Å². The molecule has 0 spiro atoms. The molecule has 0 fully saturated rings. The number of fused-ring (bicyclic) bond motifs is 1. The van der Waals surface area contributed by atoms with Gasteiger partial charge in [-0.05, 0) is 62.8 Å². The van der Waals surface area contributed by atoms with Crippen LogP contribution < -0.4 is 10.1 Å². The Balaban J connectivity index is 2.15. The second-order valence-corrected chi connectivity index (χ2v) is 5.94. The summed E-state index contributed by atoms with van der Waals surface area (Å²) in [5, 5.41) is 3.68. The van der Waals surface area contributed by atoms with Crippen LogP contribution in [0.15, 0.2) is 18.2 Å². The molecule has 1 aromatic rings. The molecule has 2 atom stereocenters. The van der Waals surface area contributed by atoms with Crippen LogP contribution in [0.2, 0.25) is 0 Å². The van der Waals surface area contributed by atoms with Gasteiger partial charge in [0.1, 0.15) is 5.75 Å². The Morgan fingerprint density at radius 3 is 2.90 bits per heavy atom. The van der Waals surface area contributed by atoms with Crippen molar-refractivity contribution in [2.24, 2.45) is 0 Å². The summed E-state index contributed by atoms with van der Waals surface area (Å²) >= 11 is 0. The average Bonchev–Trinajstić information content (AvgIpc) is 2.45. The predicted molar refractivity (Wildman–Crippen MR) is 85.4 cm³/mol. The zero-order valence-electron chi connectivity index (χ0n) is 13.2. The van der Waals surface area contributed by atoms with Crippen LogP contribution in [0, 0.1) is 0 Å². The molecular formula is C18H29NO. The predicted octanol–water partition coefficient (Wildman–Crippen LogP) is 4.63. The van der Waals surface area contributed by atoms with E-state index in [-0.39, 0.29) is 0 Å². The third kappa shape index (κ3) is 3.76. The zero-order chi connectivity index (χ0) is 14.4. The van der Waals surface area contributed by atoms with Crippen molar-refractivity contribution in [1.82, 2.24) is 5.32 Å². The van der Waals surface area contributed by atoms with Crippen molar-refractivity contribution in [1.29, 1.82) is 0 Å².